The minimum absolute atomic E-state index is 0.0955. The number of alkyl carbamates (subject to hydrolysis) is 1. The van der Waals surface area contributed by atoms with E-state index in [0.29, 0.717) is 6.42 Å². The van der Waals surface area contributed by atoms with Gasteiger partial charge < -0.3 is 19.7 Å². The smallest absolute Gasteiger partial charge is 0.407 e. The zero-order chi connectivity index (χ0) is 30.1. The van der Waals surface area contributed by atoms with Gasteiger partial charge in [0.2, 0.25) is 5.91 Å². The molecule has 3 aromatic rings. The molecule has 0 saturated heterocycles. The Kier molecular flexibility index (Phi) is 10.3. The number of fused-ring (bicyclic) bond motifs is 3. The summed E-state index contributed by atoms with van der Waals surface area (Å²) < 4.78 is 11.5. The minimum atomic E-state index is -0.904. The Morgan fingerprint density at radius 1 is 0.905 bits per heavy atom. The third-order valence-electron chi connectivity index (χ3n) is 7.67. The summed E-state index contributed by atoms with van der Waals surface area (Å²) in [5, 5.41) is 2.73. The van der Waals surface area contributed by atoms with Crippen LogP contribution < -0.4 is 5.32 Å². The van der Waals surface area contributed by atoms with Crippen LogP contribution in [0.5, 0.6) is 0 Å². The van der Waals surface area contributed by atoms with E-state index in [1.54, 1.807) is 19.2 Å². The zero-order valence-electron chi connectivity index (χ0n) is 24.2. The second-order valence-corrected chi connectivity index (χ2v) is 10.4. The topological polar surface area (TPSA) is 84.9 Å². The van der Waals surface area contributed by atoms with Gasteiger partial charge in [0.15, 0.2) is 0 Å². The molecule has 0 heterocycles. The summed E-state index contributed by atoms with van der Waals surface area (Å²) in [6.45, 7) is 9.37. The number of hydrogen-bond acceptors (Lipinski definition) is 5. The fraction of sp³-hybridized carbons (Fsp3) is 0.286. The molecule has 3 unspecified atom stereocenters. The number of nitrogens with zero attached hydrogens (tertiary/aromatic N) is 1. The Morgan fingerprint density at radius 2 is 1.50 bits per heavy atom. The monoisotopic (exact) mass is 566 g/mol. The number of benzene rings is 3. The van der Waals surface area contributed by atoms with Crippen molar-refractivity contribution in [2.24, 2.45) is 0 Å². The van der Waals surface area contributed by atoms with Gasteiger partial charge in [0.25, 0.3) is 0 Å². The number of likely N-dealkylation sites (N-methyl/N-ethyl adjacent to an activating group) is 1. The number of amides is 2. The quantitative estimate of drug-likeness (QED) is 0.187. The van der Waals surface area contributed by atoms with Crippen molar-refractivity contribution in [3.8, 4) is 11.1 Å². The third kappa shape index (κ3) is 6.97. The van der Waals surface area contributed by atoms with E-state index in [-0.39, 0.29) is 37.2 Å². The number of rotatable bonds is 13. The van der Waals surface area contributed by atoms with Crippen LogP contribution in [0, 0.1) is 0 Å². The highest BCUT2D eigenvalue weighted by molar-refractivity contribution is 5.86. The van der Waals surface area contributed by atoms with E-state index >= 15 is 0 Å². The number of carbonyl (C=O) groups is 3. The van der Waals surface area contributed by atoms with Crippen LogP contribution in [-0.4, -0.2) is 48.6 Å². The molecule has 3 atom stereocenters. The van der Waals surface area contributed by atoms with Gasteiger partial charge in [0.05, 0.1) is 6.04 Å². The molecule has 7 heteroatoms. The number of carbonyl (C=O) groups excluding carboxylic acids is 3. The van der Waals surface area contributed by atoms with Gasteiger partial charge in [-0.15, -0.1) is 13.2 Å². The van der Waals surface area contributed by atoms with Crippen molar-refractivity contribution in [2.45, 2.75) is 50.3 Å². The van der Waals surface area contributed by atoms with Gasteiger partial charge >= 0.3 is 12.1 Å². The fourth-order valence-corrected chi connectivity index (χ4v) is 5.33. The summed E-state index contributed by atoms with van der Waals surface area (Å²) in [5.41, 5.74) is 5.24. The predicted molar refractivity (Wildman–Crippen MR) is 164 cm³/mol. The second-order valence-electron chi connectivity index (χ2n) is 10.4. The van der Waals surface area contributed by atoms with E-state index in [1.807, 2.05) is 61.5 Å². The first kappa shape index (κ1) is 30.3. The van der Waals surface area contributed by atoms with Crippen LogP contribution in [0.3, 0.4) is 0 Å². The highest BCUT2D eigenvalue weighted by Gasteiger charge is 2.34. The Morgan fingerprint density at radius 3 is 2.10 bits per heavy atom. The molecule has 1 aliphatic carbocycles. The van der Waals surface area contributed by atoms with Gasteiger partial charge in [-0.05, 0) is 47.6 Å². The lowest BCUT2D eigenvalue weighted by atomic mass is 9.98. The molecule has 218 valence electrons. The molecular formula is C35H38N2O5. The molecule has 0 bridgehead atoms. The zero-order valence-corrected chi connectivity index (χ0v) is 24.2. The fourth-order valence-electron chi connectivity index (χ4n) is 5.33. The van der Waals surface area contributed by atoms with Crippen molar-refractivity contribution >= 4 is 18.0 Å². The van der Waals surface area contributed by atoms with Crippen molar-refractivity contribution in [2.75, 3.05) is 13.7 Å². The van der Waals surface area contributed by atoms with Gasteiger partial charge in [-0.1, -0.05) is 91.0 Å². The van der Waals surface area contributed by atoms with E-state index in [0.717, 1.165) is 27.8 Å². The Balaban J connectivity index is 1.43. The highest BCUT2D eigenvalue weighted by atomic mass is 16.6. The first-order chi connectivity index (χ1) is 20.3. The molecule has 4 rings (SSSR count). The number of esters is 1. The second kappa shape index (κ2) is 14.3. The molecule has 0 aromatic heterocycles. The van der Waals surface area contributed by atoms with E-state index in [1.165, 1.54) is 4.90 Å². The summed E-state index contributed by atoms with van der Waals surface area (Å²) >= 11 is 0. The summed E-state index contributed by atoms with van der Waals surface area (Å²) in [7, 11) is 1.63. The predicted octanol–water partition coefficient (Wildman–Crippen LogP) is 6.57. The maximum atomic E-state index is 13.6. The molecule has 0 spiro atoms. The third-order valence-corrected chi connectivity index (χ3v) is 7.67. The van der Waals surface area contributed by atoms with E-state index in [4.69, 9.17) is 9.47 Å². The van der Waals surface area contributed by atoms with Crippen LogP contribution in [0.2, 0.25) is 0 Å². The lowest BCUT2D eigenvalue weighted by molar-refractivity contribution is -0.155. The van der Waals surface area contributed by atoms with Crippen LogP contribution in [0.15, 0.2) is 104 Å². The Bertz CT molecular complexity index is 1370. The minimum Gasteiger partial charge on any atom is -0.455 e. The molecular weight excluding hydrogens is 528 g/mol. The average Bonchev–Trinajstić information content (AvgIpc) is 3.34. The normalized spacial score (nSPS) is 14.0. The van der Waals surface area contributed by atoms with Gasteiger partial charge in [-0.3, -0.25) is 9.59 Å². The lowest BCUT2D eigenvalue weighted by Crippen LogP contribution is -2.51. The van der Waals surface area contributed by atoms with Crippen LogP contribution in [0.4, 0.5) is 4.79 Å². The van der Waals surface area contributed by atoms with Crippen molar-refractivity contribution < 1.29 is 23.9 Å². The lowest BCUT2D eigenvalue weighted by Gasteiger charge is -2.34. The number of nitrogens with one attached hydrogen (secondary N) is 1. The number of allylic oxidation sites excluding steroid dienone is 1. The van der Waals surface area contributed by atoms with Crippen LogP contribution in [0.1, 0.15) is 54.9 Å². The van der Waals surface area contributed by atoms with E-state index < -0.39 is 24.3 Å². The van der Waals surface area contributed by atoms with Gasteiger partial charge in [-0.2, -0.15) is 0 Å². The molecule has 2 amide bonds. The maximum Gasteiger partial charge on any atom is 0.407 e. The van der Waals surface area contributed by atoms with Crippen LogP contribution in [-0.2, 0) is 19.1 Å². The molecule has 0 saturated carbocycles. The van der Waals surface area contributed by atoms with Gasteiger partial charge in [0.1, 0.15) is 18.8 Å². The van der Waals surface area contributed by atoms with Gasteiger partial charge in [0, 0.05) is 19.4 Å². The molecule has 3 aromatic carbocycles. The molecule has 0 radical (unpaired) electrons. The average molecular weight is 567 g/mol. The summed E-state index contributed by atoms with van der Waals surface area (Å²) in [5.74, 6) is -0.823. The van der Waals surface area contributed by atoms with E-state index in [9.17, 15) is 14.4 Å². The van der Waals surface area contributed by atoms with E-state index in [2.05, 4.69) is 42.7 Å². The largest absolute Gasteiger partial charge is 0.455 e. The molecule has 0 fully saturated rings. The SMILES string of the molecule is C=CCCC(=O)OC(c1ccccc1)C(C)N(C)C(=O)C(CC=C)NC(=O)OCC1c2ccccc2-c2ccccc21. The summed E-state index contributed by atoms with van der Waals surface area (Å²) in [6.07, 6.45) is 2.75. The Hall–Kier alpha value is -4.65. The van der Waals surface area contributed by atoms with Gasteiger partial charge in [-0.25, -0.2) is 4.79 Å². The van der Waals surface area contributed by atoms with Crippen LogP contribution >= 0.6 is 0 Å². The number of hydrogen-bond donors (Lipinski definition) is 1. The first-order valence-electron chi connectivity index (χ1n) is 14.2. The maximum absolute atomic E-state index is 13.6. The molecule has 1 aliphatic rings. The molecule has 7 nitrogen and oxygen atoms in total. The molecule has 42 heavy (non-hydrogen) atoms. The molecule has 0 aliphatic heterocycles. The number of ether oxygens (including phenoxy) is 2. The van der Waals surface area contributed by atoms with Crippen molar-refractivity contribution in [1.82, 2.24) is 10.2 Å². The Labute approximate surface area is 247 Å². The highest BCUT2D eigenvalue weighted by Crippen LogP contribution is 2.44. The van der Waals surface area contributed by atoms with Crippen molar-refractivity contribution in [3.63, 3.8) is 0 Å². The van der Waals surface area contributed by atoms with Crippen LogP contribution in [0.25, 0.3) is 11.1 Å². The van der Waals surface area contributed by atoms with Crippen molar-refractivity contribution in [1.29, 1.82) is 0 Å². The summed E-state index contributed by atoms with van der Waals surface area (Å²) in [6, 6.07) is 24.1. The summed E-state index contributed by atoms with van der Waals surface area (Å²) in [4.78, 5) is 40.7. The standard InChI is InChI=1S/C35H38N2O5/c1-5-7-22-32(38)42-33(25-16-9-8-10-17-25)24(3)37(4)34(39)31(15-6-2)36-35(40)41-23-30-28-20-13-11-18-26(28)27-19-12-14-21-29(27)30/h5-6,8-14,16-21,24,30-31,33H,1-2,7,15,22-23H2,3-4H3,(H,36,40). The van der Waals surface area contributed by atoms with Crippen molar-refractivity contribution in [3.05, 3.63) is 121 Å². The molecule has 1 N–H and O–H groups in total. The first-order valence-corrected chi connectivity index (χ1v) is 14.2.